The van der Waals surface area contributed by atoms with Crippen LogP contribution in [0.5, 0.6) is 5.88 Å². The van der Waals surface area contributed by atoms with E-state index in [9.17, 15) is 0 Å². The number of halogens is 1. The van der Waals surface area contributed by atoms with E-state index in [0.29, 0.717) is 18.4 Å². The second-order valence-electron chi connectivity index (χ2n) is 5.52. The van der Waals surface area contributed by atoms with Crippen LogP contribution in [0.25, 0.3) is 0 Å². The predicted octanol–water partition coefficient (Wildman–Crippen LogP) is 2.62. The number of benzene rings is 1. The van der Waals surface area contributed by atoms with Gasteiger partial charge in [0, 0.05) is 36.9 Å². The van der Waals surface area contributed by atoms with E-state index >= 15 is 0 Å². The minimum Gasteiger partial charge on any atom is -0.481 e. The summed E-state index contributed by atoms with van der Waals surface area (Å²) < 4.78 is 10.6. The molecule has 1 saturated heterocycles. The molecule has 0 spiro atoms. The van der Waals surface area contributed by atoms with Gasteiger partial charge in [0.1, 0.15) is 0 Å². The molecule has 7 heteroatoms. The fraction of sp³-hybridized carbons (Fsp3) is 0.412. The van der Waals surface area contributed by atoms with Crippen molar-refractivity contribution < 1.29 is 9.47 Å². The van der Waals surface area contributed by atoms with Crippen LogP contribution in [-0.4, -0.2) is 54.8 Å². The molecule has 24 heavy (non-hydrogen) atoms. The summed E-state index contributed by atoms with van der Waals surface area (Å²) in [6.45, 7) is 3.98. The van der Waals surface area contributed by atoms with Crippen molar-refractivity contribution in [1.82, 2.24) is 14.9 Å². The van der Waals surface area contributed by atoms with E-state index in [0.717, 1.165) is 31.3 Å². The molecular formula is C17H21ClN4O2. The third-order valence-electron chi connectivity index (χ3n) is 4.03. The number of nitrogens with zero attached hydrogens (tertiary/aromatic N) is 3. The molecular weight excluding hydrogens is 328 g/mol. The number of hydrogen-bond acceptors (Lipinski definition) is 6. The van der Waals surface area contributed by atoms with Crippen LogP contribution >= 0.6 is 11.6 Å². The first kappa shape index (κ1) is 17.0. The fourth-order valence-electron chi connectivity index (χ4n) is 2.76. The number of anilines is 1. The molecule has 1 aromatic carbocycles. The van der Waals surface area contributed by atoms with E-state index in [1.54, 1.807) is 19.4 Å². The van der Waals surface area contributed by atoms with Crippen molar-refractivity contribution in [2.45, 2.75) is 6.04 Å². The van der Waals surface area contributed by atoms with Gasteiger partial charge in [0.15, 0.2) is 0 Å². The van der Waals surface area contributed by atoms with Gasteiger partial charge in [0.25, 0.3) is 0 Å². The van der Waals surface area contributed by atoms with Crippen molar-refractivity contribution in [2.75, 3.05) is 45.3 Å². The van der Waals surface area contributed by atoms with Gasteiger partial charge >= 0.3 is 0 Å². The van der Waals surface area contributed by atoms with E-state index in [1.165, 1.54) is 5.56 Å². The summed E-state index contributed by atoms with van der Waals surface area (Å²) in [6, 6.07) is 9.90. The molecule has 1 fully saturated rings. The SMILES string of the molecule is COc1ccnc(NCC(c2ccc(Cl)cc2)N2CCOCC2)n1. The minimum atomic E-state index is 0.195. The second kappa shape index (κ2) is 8.28. The van der Waals surface area contributed by atoms with Crippen LogP contribution < -0.4 is 10.1 Å². The molecule has 2 heterocycles. The summed E-state index contributed by atoms with van der Waals surface area (Å²) in [5.74, 6) is 1.10. The van der Waals surface area contributed by atoms with E-state index < -0.39 is 0 Å². The zero-order chi connectivity index (χ0) is 16.8. The summed E-state index contributed by atoms with van der Waals surface area (Å²) >= 11 is 6.03. The minimum absolute atomic E-state index is 0.195. The van der Waals surface area contributed by atoms with Gasteiger partial charge in [-0.15, -0.1) is 0 Å². The summed E-state index contributed by atoms with van der Waals surface area (Å²) in [7, 11) is 1.59. The molecule has 6 nitrogen and oxygen atoms in total. The topological polar surface area (TPSA) is 59.5 Å². The third kappa shape index (κ3) is 4.35. The van der Waals surface area contributed by atoms with Gasteiger partial charge in [0.05, 0.1) is 26.4 Å². The van der Waals surface area contributed by atoms with E-state index in [-0.39, 0.29) is 6.04 Å². The van der Waals surface area contributed by atoms with Gasteiger partial charge in [-0.3, -0.25) is 4.90 Å². The van der Waals surface area contributed by atoms with Crippen molar-refractivity contribution in [3.05, 3.63) is 47.1 Å². The first-order valence-electron chi connectivity index (χ1n) is 7.94. The number of methoxy groups -OCH3 is 1. The molecule has 1 unspecified atom stereocenters. The Kier molecular flexibility index (Phi) is 5.85. The van der Waals surface area contributed by atoms with Gasteiger partial charge in [-0.1, -0.05) is 23.7 Å². The van der Waals surface area contributed by atoms with Crippen molar-refractivity contribution in [3.8, 4) is 5.88 Å². The maximum Gasteiger partial charge on any atom is 0.226 e. The lowest BCUT2D eigenvalue weighted by atomic mass is 10.0. The van der Waals surface area contributed by atoms with Crippen LogP contribution in [0.4, 0.5) is 5.95 Å². The van der Waals surface area contributed by atoms with E-state index in [1.807, 2.05) is 12.1 Å². The van der Waals surface area contributed by atoms with Crippen molar-refractivity contribution in [2.24, 2.45) is 0 Å². The Morgan fingerprint density at radius 1 is 1.25 bits per heavy atom. The van der Waals surface area contributed by atoms with Gasteiger partial charge < -0.3 is 14.8 Å². The summed E-state index contributed by atoms with van der Waals surface area (Å²) in [5.41, 5.74) is 1.21. The Labute approximate surface area is 146 Å². The lowest BCUT2D eigenvalue weighted by molar-refractivity contribution is 0.0187. The summed E-state index contributed by atoms with van der Waals surface area (Å²) in [4.78, 5) is 11.0. The average Bonchev–Trinajstić information content (AvgIpc) is 2.64. The molecule has 1 aliphatic rings. The molecule has 0 amide bonds. The van der Waals surface area contributed by atoms with Crippen LogP contribution in [0.15, 0.2) is 36.5 Å². The van der Waals surface area contributed by atoms with Gasteiger partial charge in [0.2, 0.25) is 11.8 Å². The number of ether oxygens (including phenoxy) is 2. The largest absolute Gasteiger partial charge is 0.481 e. The number of nitrogens with one attached hydrogen (secondary N) is 1. The number of rotatable bonds is 6. The lowest BCUT2D eigenvalue weighted by Crippen LogP contribution is -2.41. The Morgan fingerprint density at radius 3 is 2.71 bits per heavy atom. The maximum absolute atomic E-state index is 6.03. The van der Waals surface area contributed by atoms with Crippen molar-refractivity contribution >= 4 is 17.5 Å². The van der Waals surface area contributed by atoms with Crippen molar-refractivity contribution in [3.63, 3.8) is 0 Å². The van der Waals surface area contributed by atoms with Gasteiger partial charge in [-0.05, 0) is 17.7 Å². The van der Waals surface area contributed by atoms with Gasteiger partial charge in [-0.25, -0.2) is 4.98 Å². The fourth-order valence-corrected chi connectivity index (χ4v) is 2.89. The number of aromatic nitrogens is 2. The second-order valence-corrected chi connectivity index (χ2v) is 5.96. The highest BCUT2D eigenvalue weighted by Gasteiger charge is 2.22. The zero-order valence-corrected chi connectivity index (χ0v) is 14.4. The van der Waals surface area contributed by atoms with Crippen molar-refractivity contribution in [1.29, 1.82) is 0 Å². The normalized spacial score (nSPS) is 16.6. The lowest BCUT2D eigenvalue weighted by Gasteiger charge is -2.35. The predicted molar refractivity (Wildman–Crippen MR) is 93.7 cm³/mol. The highest BCUT2D eigenvalue weighted by atomic mass is 35.5. The first-order chi connectivity index (χ1) is 11.8. The monoisotopic (exact) mass is 348 g/mol. The summed E-state index contributed by atoms with van der Waals surface area (Å²) in [5, 5.41) is 4.05. The summed E-state index contributed by atoms with van der Waals surface area (Å²) in [6.07, 6.45) is 1.68. The molecule has 1 aliphatic heterocycles. The van der Waals surface area contributed by atoms with Gasteiger partial charge in [-0.2, -0.15) is 4.98 Å². The van der Waals surface area contributed by atoms with Crippen LogP contribution in [0.3, 0.4) is 0 Å². The van der Waals surface area contributed by atoms with E-state index in [2.05, 4.69) is 32.3 Å². The standard InChI is InChI=1S/C17H21ClN4O2/c1-23-16-6-7-19-17(21-16)20-12-15(22-8-10-24-11-9-22)13-2-4-14(18)5-3-13/h2-7,15H,8-12H2,1H3,(H,19,20,21). The smallest absolute Gasteiger partial charge is 0.226 e. The molecule has 0 radical (unpaired) electrons. The average molecular weight is 349 g/mol. The first-order valence-corrected chi connectivity index (χ1v) is 8.32. The van der Waals surface area contributed by atoms with Crippen LogP contribution in [-0.2, 0) is 4.74 Å². The maximum atomic E-state index is 6.03. The molecule has 0 aliphatic carbocycles. The molecule has 1 N–H and O–H groups in total. The molecule has 1 aromatic heterocycles. The highest BCUT2D eigenvalue weighted by molar-refractivity contribution is 6.30. The molecule has 1 atom stereocenters. The number of hydrogen-bond donors (Lipinski definition) is 1. The Balaban J connectivity index is 1.74. The van der Waals surface area contributed by atoms with Crippen LogP contribution in [0.1, 0.15) is 11.6 Å². The third-order valence-corrected chi connectivity index (χ3v) is 4.29. The highest BCUT2D eigenvalue weighted by Crippen LogP contribution is 2.24. The molecule has 3 rings (SSSR count). The Hall–Kier alpha value is -1.89. The molecule has 2 aromatic rings. The molecule has 0 saturated carbocycles. The van der Waals surface area contributed by atoms with E-state index in [4.69, 9.17) is 21.1 Å². The molecule has 128 valence electrons. The molecule has 0 bridgehead atoms. The zero-order valence-electron chi connectivity index (χ0n) is 13.6. The quantitative estimate of drug-likeness (QED) is 0.866. The Morgan fingerprint density at radius 2 is 2.00 bits per heavy atom. The Bertz CT molecular complexity index is 647. The van der Waals surface area contributed by atoms with Crippen LogP contribution in [0, 0.1) is 0 Å². The van der Waals surface area contributed by atoms with Crippen LogP contribution in [0.2, 0.25) is 5.02 Å². The number of morpholine rings is 1.